The van der Waals surface area contributed by atoms with E-state index in [-0.39, 0.29) is 0 Å². The number of hydrogen-bond acceptors (Lipinski definition) is 0. The second-order valence-electron chi connectivity index (χ2n) is 3.53. The number of allylic oxidation sites excluding steroid dienone is 4. The topological polar surface area (TPSA) is 0 Å². The molecule has 0 spiro atoms. The van der Waals surface area contributed by atoms with Crippen molar-refractivity contribution in [2.24, 2.45) is 5.92 Å². The molecule has 1 aliphatic carbocycles. The maximum Gasteiger partial charge on any atom is 0.0425 e. The van der Waals surface area contributed by atoms with Gasteiger partial charge in [0.2, 0.25) is 0 Å². The van der Waals surface area contributed by atoms with Crippen LogP contribution in [0.1, 0.15) is 15.9 Å². The quantitative estimate of drug-likeness (QED) is 0.564. The molecular formula is C13H13I. The summed E-state index contributed by atoms with van der Waals surface area (Å²) in [7, 11) is 0. The van der Waals surface area contributed by atoms with E-state index in [1.807, 2.05) is 0 Å². The van der Waals surface area contributed by atoms with Gasteiger partial charge in [-0.05, 0) is 17.9 Å². The van der Waals surface area contributed by atoms with E-state index in [4.69, 9.17) is 0 Å². The highest BCUT2D eigenvalue weighted by atomic mass is 127. The Labute approximate surface area is 98.9 Å². The minimum atomic E-state index is 0.593. The molecule has 0 heterocycles. The molecule has 0 N–H and O–H groups in total. The zero-order valence-electron chi connectivity index (χ0n) is 7.94. The molecule has 1 heteroatoms. The van der Waals surface area contributed by atoms with E-state index in [2.05, 4.69) is 77.2 Å². The molecule has 2 unspecified atom stereocenters. The molecule has 0 bridgehead atoms. The highest BCUT2D eigenvalue weighted by Crippen LogP contribution is 2.35. The van der Waals surface area contributed by atoms with E-state index in [0.717, 1.165) is 0 Å². The fraction of sp³-hybridized carbons (Fsp3) is 0.231. The first-order valence-corrected chi connectivity index (χ1v) is 6.15. The number of hydrogen-bond donors (Lipinski definition) is 0. The lowest BCUT2D eigenvalue weighted by Gasteiger charge is -2.19. The number of benzene rings is 1. The summed E-state index contributed by atoms with van der Waals surface area (Å²) in [4.78, 5) is 0. The van der Waals surface area contributed by atoms with Gasteiger partial charge in [0, 0.05) is 3.92 Å². The molecule has 1 aromatic rings. The number of alkyl halides is 1. The van der Waals surface area contributed by atoms with E-state index >= 15 is 0 Å². The van der Waals surface area contributed by atoms with Crippen LogP contribution in [0, 0.1) is 5.92 Å². The van der Waals surface area contributed by atoms with Gasteiger partial charge >= 0.3 is 0 Å². The summed E-state index contributed by atoms with van der Waals surface area (Å²) in [6.45, 7) is 0. The van der Waals surface area contributed by atoms with Crippen molar-refractivity contribution in [2.75, 3.05) is 0 Å². The van der Waals surface area contributed by atoms with E-state index in [0.29, 0.717) is 9.84 Å². The van der Waals surface area contributed by atoms with Crippen LogP contribution in [-0.2, 0) is 0 Å². The minimum absolute atomic E-state index is 0.593. The molecule has 1 aromatic carbocycles. The molecule has 2 atom stereocenters. The molecule has 2 rings (SSSR count). The zero-order chi connectivity index (χ0) is 9.80. The van der Waals surface area contributed by atoms with E-state index in [1.54, 1.807) is 0 Å². The molecule has 0 aromatic heterocycles. The molecule has 0 radical (unpaired) electrons. The smallest absolute Gasteiger partial charge is 0.0425 e. The average Bonchev–Trinajstić information content (AvgIpc) is 2.30. The molecule has 14 heavy (non-hydrogen) atoms. The Morgan fingerprint density at radius 1 is 1.14 bits per heavy atom. The van der Waals surface area contributed by atoms with Crippen LogP contribution >= 0.6 is 22.6 Å². The lowest BCUT2D eigenvalue weighted by atomic mass is 9.93. The SMILES string of the molecule is IC(c1ccccc1)C1C=CC=CC1. The summed E-state index contributed by atoms with van der Waals surface area (Å²) in [5.74, 6) is 0.656. The first kappa shape index (κ1) is 9.97. The second kappa shape index (κ2) is 4.78. The third-order valence-corrected chi connectivity index (χ3v) is 4.15. The van der Waals surface area contributed by atoms with Gasteiger partial charge < -0.3 is 0 Å². The van der Waals surface area contributed by atoms with Crippen LogP contribution in [0.25, 0.3) is 0 Å². The van der Waals surface area contributed by atoms with Gasteiger partial charge in [0.15, 0.2) is 0 Å². The Kier molecular flexibility index (Phi) is 3.40. The van der Waals surface area contributed by atoms with Crippen LogP contribution in [-0.4, -0.2) is 0 Å². The van der Waals surface area contributed by atoms with Crippen molar-refractivity contribution in [1.29, 1.82) is 0 Å². The zero-order valence-corrected chi connectivity index (χ0v) is 10.1. The van der Waals surface area contributed by atoms with Gasteiger partial charge in [-0.15, -0.1) is 0 Å². The van der Waals surface area contributed by atoms with Gasteiger partial charge in [-0.25, -0.2) is 0 Å². The highest BCUT2D eigenvalue weighted by Gasteiger charge is 2.17. The second-order valence-corrected chi connectivity index (χ2v) is 4.87. The number of halogens is 1. The maximum atomic E-state index is 2.54. The molecule has 1 aliphatic rings. The standard InChI is InChI=1S/C13H13I/c14-13(11-7-3-1-4-8-11)12-9-5-2-6-10-12/h1-9,12-13H,10H2. The van der Waals surface area contributed by atoms with E-state index in [9.17, 15) is 0 Å². The van der Waals surface area contributed by atoms with Crippen LogP contribution in [0.15, 0.2) is 54.6 Å². The van der Waals surface area contributed by atoms with Crippen molar-refractivity contribution < 1.29 is 0 Å². The third-order valence-electron chi connectivity index (χ3n) is 2.51. The van der Waals surface area contributed by atoms with Gasteiger partial charge in [-0.1, -0.05) is 77.2 Å². The molecule has 0 nitrogen and oxygen atoms in total. The predicted octanol–water partition coefficient (Wildman–Crippen LogP) is 4.30. The molecule has 0 aliphatic heterocycles. The van der Waals surface area contributed by atoms with E-state index < -0.39 is 0 Å². The fourth-order valence-electron chi connectivity index (χ4n) is 1.70. The summed E-state index contributed by atoms with van der Waals surface area (Å²) in [5, 5.41) is 0. The van der Waals surface area contributed by atoms with Crippen LogP contribution in [0.2, 0.25) is 0 Å². The lowest BCUT2D eigenvalue weighted by Crippen LogP contribution is -2.05. The molecule has 0 saturated carbocycles. The average molecular weight is 296 g/mol. The molecule has 0 amide bonds. The van der Waals surface area contributed by atoms with Crippen molar-refractivity contribution in [3.05, 3.63) is 60.2 Å². The van der Waals surface area contributed by atoms with Crippen LogP contribution in [0.3, 0.4) is 0 Å². The number of rotatable bonds is 2. The summed E-state index contributed by atoms with van der Waals surface area (Å²) in [5.41, 5.74) is 1.43. The van der Waals surface area contributed by atoms with Gasteiger partial charge in [0.25, 0.3) is 0 Å². The Bertz CT molecular complexity index is 338. The monoisotopic (exact) mass is 296 g/mol. The summed E-state index contributed by atoms with van der Waals surface area (Å²) >= 11 is 2.54. The normalized spacial score (nSPS) is 22.2. The van der Waals surface area contributed by atoms with Gasteiger partial charge in [-0.3, -0.25) is 0 Å². The van der Waals surface area contributed by atoms with Crippen LogP contribution in [0.5, 0.6) is 0 Å². The van der Waals surface area contributed by atoms with Crippen molar-refractivity contribution in [2.45, 2.75) is 10.3 Å². The Hall–Kier alpha value is -0.570. The predicted molar refractivity (Wildman–Crippen MR) is 69.6 cm³/mol. The van der Waals surface area contributed by atoms with Gasteiger partial charge in [0.05, 0.1) is 0 Å². The third kappa shape index (κ3) is 2.27. The van der Waals surface area contributed by atoms with Crippen LogP contribution in [0.4, 0.5) is 0 Å². The minimum Gasteiger partial charge on any atom is -0.0839 e. The highest BCUT2D eigenvalue weighted by molar-refractivity contribution is 14.1. The van der Waals surface area contributed by atoms with Crippen molar-refractivity contribution in [3.8, 4) is 0 Å². The summed E-state index contributed by atoms with van der Waals surface area (Å²) in [6.07, 6.45) is 10.0. The Balaban J connectivity index is 2.12. The fourth-order valence-corrected chi connectivity index (χ4v) is 2.65. The van der Waals surface area contributed by atoms with Gasteiger partial charge in [-0.2, -0.15) is 0 Å². The van der Waals surface area contributed by atoms with Crippen molar-refractivity contribution >= 4 is 22.6 Å². The molecular weight excluding hydrogens is 283 g/mol. The van der Waals surface area contributed by atoms with Gasteiger partial charge in [0.1, 0.15) is 0 Å². The maximum absolute atomic E-state index is 2.54. The van der Waals surface area contributed by atoms with E-state index in [1.165, 1.54) is 12.0 Å². The van der Waals surface area contributed by atoms with Crippen molar-refractivity contribution in [3.63, 3.8) is 0 Å². The largest absolute Gasteiger partial charge is 0.0839 e. The first-order valence-electron chi connectivity index (χ1n) is 4.90. The Morgan fingerprint density at radius 2 is 1.93 bits per heavy atom. The molecule has 0 fully saturated rings. The summed E-state index contributed by atoms with van der Waals surface area (Å²) in [6, 6.07) is 10.7. The lowest BCUT2D eigenvalue weighted by molar-refractivity contribution is 0.657. The molecule has 0 saturated heterocycles. The first-order chi connectivity index (χ1) is 6.88. The Morgan fingerprint density at radius 3 is 2.57 bits per heavy atom. The summed E-state index contributed by atoms with van der Waals surface area (Å²) < 4.78 is 0.593. The molecule has 72 valence electrons. The van der Waals surface area contributed by atoms with Crippen molar-refractivity contribution in [1.82, 2.24) is 0 Å². The van der Waals surface area contributed by atoms with Crippen LogP contribution < -0.4 is 0 Å².